The lowest BCUT2D eigenvalue weighted by Gasteiger charge is -2.18. The van der Waals surface area contributed by atoms with Gasteiger partial charge in [0.2, 0.25) is 10.0 Å². The highest BCUT2D eigenvalue weighted by Crippen LogP contribution is 2.16. The van der Waals surface area contributed by atoms with Gasteiger partial charge in [0.1, 0.15) is 0 Å². The van der Waals surface area contributed by atoms with Crippen molar-refractivity contribution < 1.29 is 17.9 Å². The Morgan fingerprint density at radius 2 is 1.78 bits per heavy atom. The Labute approximate surface area is 160 Å². The fraction of sp³-hybridized carbons (Fsp3) is 0.190. The molecule has 0 aromatic heterocycles. The Kier molecular flexibility index (Phi) is 6.94. The van der Waals surface area contributed by atoms with E-state index in [4.69, 9.17) is 0 Å². The molecular formula is C21H21NO4S. The van der Waals surface area contributed by atoms with Crippen molar-refractivity contribution >= 4 is 16.0 Å². The number of methoxy groups -OCH3 is 1. The number of benzene rings is 2. The molecule has 0 saturated carbocycles. The van der Waals surface area contributed by atoms with Crippen LogP contribution in [0.2, 0.25) is 0 Å². The van der Waals surface area contributed by atoms with Crippen LogP contribution in [0.5, 0.6) is 0 Å². The number of ether oxygens (including phenoxy) is 1. The molecule has 2 aromatic carbocycles. The molecule has 0 bridgehead atoms. The van der Waals surface area contributed by atoms with E-state index >= 15 is 0 Å². The molecule has 5 nitrogen and oxygen atoms in total. The summed E-state index contributed by atoms with van der Waals surface area (Å²) in [6, 6.07) is 13.3. The van der Waals surface area contributed by atoms with E-state index in [1.807, 2.05) is 6.92 Å². The van der Waals surface area contributed by atoms with Gasteiger partial charge in [0, 0.05) is 12.1 Å². The van der Waals surface area contributed by atoms with Gasteiger partial charge in [0.05, 0.1) is 24.1 Å². The van der Waals surface area contributed by atoms with Crippen LogP contribution in [0, 0.1) is 18.8 Å². The molecule has 0 heterocycles. The van der Waals surface area contributed by atoms with Gasteiger partial charge in [0.25, 0.3) is 0 Å². The molecule has 0 unspecified atom stereocenters. The van der Waals surface area contributed by atoms with E-state index in [1.54, 1.807) is 48.5 Å². The van der Waals surface area contributed by atoms with Gasteiger partial charge in [0.15, 0.2) is 0 Å². The van der Waals surface area contributed by atoms with Crippen molar-refractivity contribution in [1.82, 2.24) is 4.31 Å². The van der Waals surface area contributed by atoms with Gasteiger partial charge in [-0.05, 0) is 43.3 Å². The van der Waals surface area contributed by atoms with Gasteiger partial charge in [-0.1, -0.05) is 35.6 Å². The number of aryl methyl sites for hydroxylation is 1. The number of nitrogens with zero attached hydrogens (tertiary/aromatic N) is 1. The van der Waals surface area contributed by atoms with Crippen molar-refractivity contribution in [2.75, 3.05) is 20.2 Å². The standard InChI is InChI=1S/C21H21NO4S/c1-4-15-22(27(24,25)20-13-7-17(2)8-14-20)16-5-6-18-9-11-19(12-10-18)21(23)26-3/h4,7-14H,1,15-16H2,2-3H3. The molecule has 2 rings (SSSR count). The average molecular weight is 383 g/mol. The highest BCUT2D eigenvalue weighted by Gasteiger charge is 2.22. The SMILES string of the molecule is C=CCN(CC#Cc1ccc(C(=O)OC)cc1)S(=O)(=O)c1ccc(C)cc1. The van der Waals surface area contributed by atoms with Crippen LogP contribution in [0.4, 0.5) is 0 Å². The summed E-state index contributed by atoms with van der Waals surface area (Å²) in [6.07, 6.45) is 1.53. The number of hydrogen-bond acceptors (Lipinski definition) is 4. The normalized spacial score (nSPS) is 10.8. The van der Waals surface area contributed by atoms with Crippen molar-refractivity contribution in [3.8, 4) is 11.8 Å². The van der Waals surface area contributed by atoms with Crippen LogP contribution in [0.3, 0.4) is 0 Å². The average Bonchev–Trinajstić information content (AvgIpc) is 2.67. The minimum atomic E-state index is -3.66. The van der Waals surface area contributed by atoms with E-state index in [-0.39, 0.29) is 18.0 Å². The molecule has 0 fully saturated rings. The predicted octanol–water partition coefficient (Wildman–Crippen LogP) is 3.01. The Hall–Kier alpha value is -2.88. The number of esters is 1. The number of carbonyl (C=O) groups is 1. The highest BCUT2D eigenvalue weighted by atomic mass is 32.2. The monoisotopic (exact) mass is 383 g/mol. The molecule has 0 aliphatic rings. The molecule has 2 aromatic rings. The van der Waals surface area contributed by atoms with E-state index in [0.29, 0.717) is 11.1 Å². The molecule has 6 heteroatoms. The molecule has 0 saturated heterocycles. The number of carbonyl (C=O) groups excluding carboxylic acids is 1. The smallest absolute Gasteiger partial charge is 0.337 e. The summed E-state index contributed by atoms with van der Waals surface area (Å²) in [5.41, 5.74) is 2.09. The van der Waals surface area contributed by atoms with E-state index in [9.17, 15) is 13.2 Å². The van der Waals surface area contributed by atoms with Crippen LogP contribution in [0.1, 0.15) is 21.5 Å². The maximum absolute atomic E-state index is 12.8. The predicted molar refractivity (Wildman–Crippen MR) is 105 cm³/mol. The molecule has 0 atom stereocenters. The molecular weight excluding hydrogens is 362 g/mol. The van der Waals surface area contributed by atoms with E-state index < -0.39 is 16.0 Å². The zero-order chi connectivity index (χ0) is 19.9. The lowest BCUT2D eigenvalue weighted by atomic mass is 10.1. The van der Waals surface area contributed by atoms with Gasteiger partial charge < -0.3 is 4.74 Å². The second-order valence-electron chi connectivity index (χ2n) is 5.77. The second kappa shape index (κ2) is 9.17. The summed E-state index contributed by atoms with van der Waals surface area (Å²) in [5.74, 6) is 5.36. The Balaban J connectivity index is 2.17. The summed E-state index contributed by atoms with van der Waals surface area (Å²) in [5, 5.41) is 0. The first-order chi connectivity index (χ1) is 12.9. The van der Waals surface area contributed by atoms with Gasteiger partial charge >= 0.3 is 5.97 Å². The Bertz CT molecular complexity index is 966. The third kappa shape index (κ3) is 5.30. The van der Waals surface area contributed by atoms with E-state index in [0.717, 1.165) is 5.56 Å². The minimum Gasteiger partial charge on any atom is -0.465 e. The zero-order valence-corrected chi connectivity index (χ0v) is 16.1. The molecule has 0 aliphatic heterocycles. The molecule has 0 radical (unpaired) electrons. The maximum Gasteiger partial charge on any atom is 0.337 e. The molecule has 140 valence electrons. The third-order valence-electron chi connectivity index (χ3n) is 3.79. The van der Waals surface area contributed by atoms with Gasteiger partial charge in [-0.3, -0.25) is 0 Å². The summed E-state index contributed by atoms with van der Waals surface area (Å²) < 4.78 is 31.5. The summed E-state index contributed by atoms with van der Waals surface area (Å²) in [6.45, 7) is 5.71. The first kappa shape index (κ1) is 20.4. The van der Waals surface area contributed by atoms with Crippen LogP contribution < -0.4 is 0 Å². The number of sulfonamides is 1. The molecule has 0 spiro atoms. The van der Waals surface area contributed by atoms with Crippen LogP contribution >= 0.6 is 0 Å². The summed E-state index contributed by atoms with van der Waals surface area (Å²) >= 11 is 0. The first-order valence-corrected chi connectivity index (χ1v) is 9.67. The van der Waals surface area contributed by atoms with Crippen molar-refractivity contribution in [2.45, 2.75) is 11.8 Å². The van der Waals surface area contributed by atoms with Gasteiger partial charge in [-0.25, -0.2) is 13.2 Å². The molecule has 0 amide bonds. The van der Waals surface area contributed by atoms with Crippen molar-refractivity contribution in [3.63, 3.8) is 0 Å². The van der Waals surface area contributed by atoms with E-state index in [1.165, 1.54) is 17.5 Å². The van der Waals surface area contributed by atoms with Crippen LogP contribution in [0.25, 0.3) is 0 Å². The Morgan fingerprint density at radius 1 is 1.15 bits per heavy atom. The Morgan fingerprint density at radius 3 is 2.33 bits per heavy atom. The largest absolute Gasteiger partial charge is 0.465 e. The van der Waals surface area contributed by atoms with Crippen molar-refractivity contribution in [1.29, 1.82) is 0 Å². The van der Waals surface area contributed by atoms with Crippen molar-refractivity contribution in [3.05, 3.63) is 77.9 Å². The number of rotatable bonds is 6. The van der Waals surface area contributed by atoms with E-state index in [2.05, 4.69) is 23.2 Å². The molecule has 0 N–H and O–H groups in total. The highest BCUT2D eigenvalue weighted by molar-refractivity contribution is 7.89. The summed E-state index contributed by atoms with van der Waals surface area (Å²) in [7, 11) is -2.34. The van der Waals surface area contributed by atoms with Crippen LogP contribution in [-0.2, 0) is 14.8 Å². The maximum atomic E-state index is 12.8. The third-order valence-corrected chi connectivity index (χ3v) is 5.61. The van der Waals surface area contributed by atoms with Gasteiger partial charge in [-0.15, -0.1) is 6.58 Å². The molecule has 27 heavy (non-hydrogen) atoms. The lowest BCUT2D eigenvalue weighted by Crippen LogP contribution is -2.31. The van der Waals surface area contributed by atoms with Gasteiger partial charge in [-0.2, -0.15) is 4.31 Å². The minimum absolute atomic E-state index is 0.0288. The fourth-order valence-corrected chi connectivity index (χ4v) is 3.60. The topological polar surface area (TPSA) is 63.7 Å². The lowest BCUT2D eigenvalue weighted by molar-refractivity contribution is 0.0600. The number of hydrogen-bond donors (Lipinski definition) is 0. The zero-order valence-electron chi connectivity index (χ0n) is 15.3. The fourth-order valence-electron chi connectivity index (χ4n) is 2.29. The summed E-state index contributed by atoms with van der Waals surface area (Å²) in [4.78, 5) is 11.6. The second-order valence-corrected chi connectivity index (χ2v) is 7.71. The van der Waals surface area contributed by atoms with Crippen LogP contribution in [-0.4, -0.2) is 38.9 Å². The first-order valence-electron chi connectivity index (χ1n) is 8.23. The quantitative estimate of drug-likeness (QED) is 0.437. The van der Waals surface area contributed by atoms with Crippen molar-refractivity contribution in [2.24, 2.45) is 0 Å². The molecule has 0 aliphatic carbocycles. The van der Waals surface area contributed by atoms with Crippen LogP contribution in [0.15, 0.2) is 66.1 Å².